The predicted molar refractivity (Wildman–Crippen MR) is 85.6 cm³/mol. The van der Waals surface area contributed by atoms with Crippen molar-refractivity contribution >= 4 is 12.2 Å². The molecule has 3 rings (SSSR count). The molecule has 0 saturated carbocycles. The maximum atomic E-state index is 5.42. The zero-order valence-corrected chi connectivity index (χ0v) is 13.1. The molecule has 5 nitrogen and oxygen atoms in total. The highest BCUT2D eigenvalue weighted by Gasteiger charge is 2.19. The van der Waals surface area contributed by atoms with Gasteiger partial charge in [0.1, 0.15) is 5.69 Å². The predicted octanol–water partition coefficient (Wildman–Crippen LogP) is 3.05. The van der Waals surface area contributed by atoms with E-state index in [1.165, 1.54) is 32.4 Å². The van der Waals surface area contributed by atoms with Crippen LogP contribution in [-0.4, -0.2) is 44.3 Å². The van der Waals surface area contributed by atoms with Crippen molar-refractivity contribution in [1.82, 2.24) is 24.6 Å². The fourth-order valence-electron chi connectivity index (χ4n) is 2.99. The highest BCUT2D eigenvalue weighted by Crippen LogP contribution is 2.21. The summed E-state index contributed by atoms with van der Waals surface area (Å²) in [5, 5.41) is 7.28. The van der Waals surface area contributed by atoms with E-state index in [0.29, 0.717) is 4.77 Å². The van der Waals surface area contributed by atoms with Gasteiger partial charge in [0.25, 0.3) is 0 Å². The van der Waals surface area contributed by atoms with E-state index >= 15 is 0 Å². The minimum atomic E-state index is 0.284. The summed E-state index contributed by atoms with van der Waals surface area (Å²) in [5.74, 6) is 0.824. The number of likely N-dealkylation sites (tertiary alicyclic amines) is 1. The molecule has 2 aromatic rings. The molecule has 0 aromatic carbocycles. The third-order valence-electron chi connectivity index (χ3n) is 4.01. The summed E-state index contributed by atoms with van der Waals surface area (Å²) < 4.78 is 2.76. The summed E-state index contributed by atoms with van der Waals surface area (Å²) >= 11 is 5.42. The molecule has 3 heterocycles. The standard InChI is InChI=1S/C15H21N5S/c1-12(11-19-9-5-2-6-10-19)20-14(17-18-15(20)21)13-7-3-4-8-16-13/h3-4,7-8,12H,2,5-6,9-11H2,1H3,(H,18,21). The molecular formula is C15H21N5S. The molecule has 0 amide bonds. The molecule has 0 bridgehead atoms. The van der Waals surface area contributed by atoms with Crippen molar-refractivity contribution in [1.29, 1.82) is 0 Å². The van der Waals surface area contributed by atoms with Gasteiger partial charge in [-0.1, -0.05) is 12.5 Å². The van der Waals surface area contributed by atoms with Crippen LogP contribution in [0.15, 0.2) is 24.4 Å². The van der Waals surface area contributed by atoms with Gasteiger partial charge >= 0.3 is 0 Å². The van der Waals surface area contributed by atoms with Gasteiger partial charge in [-0.15, -0.1) is 0 Å². The van der Waals surface area contributed by atoms with Gasteiger partial charge in [0.2, 0.25) is 0 Å². The monoisotopic (exact) mass is 303 g/mol. The van der Waals surface area contributed by atoms with Gasteiger partial charge in [-0.2, -0.15) is 5.10 Å². The maximum absolute atomic E-state index is 5.42. The third kappa shape index (κ3) is 3.22. The second kappa shape index (κ2) is 6.49. The number of aromatic amines is 1. The van der Waals surface area contributed by atoms with E-state index in [2.05, 4.69) is 31.6 Å². The van der Waals surface area contributed by atoms with E-state index in [-0.39, 0.29) is 6.04 Å². The Morgan fingerprint density at radius 3 is 2.81 bits per heavy atom. The lowest BCUT2D eigenvalue weighted by atomic mass is 10.1. The maximum Gasteiger partial charge on any atom is 0.195 e. The number of nitrogens with zero attached hydrogens (tertiary/aromatic N) is 4. The van der Waals surface area contributed by atoms with E-state index in [1.807, 2.05) is 18.2 Å². The zero-order chi connectivity index (χ0) is 14.7. The number of H-pyrrole nitrogens is 1. The first kappa shape index (κ1) is 14.4. The zero-order valence-electron chi connectivity index (χ0n) is 12.3. The SMILES string of the molecule is CC(CN1CCCCC1)n1c(-c2ccccn2)n[nH]c1=S. The molecule has 1 saturated heterocycles. The molecule has 2 aromatic heterocycles. The number of aromatic nitrogens is 4. The van der Waals surface area contributed by atoms with Crippen molar-refractivity contribution in [2.75, 3.05) is 19.6 Å². The van der Waals surface area contributed by atoms with Crippen LogP contribution >= 0.6 is 12.2 Å². The molecule has 1 aliphatic heterocycles. The third-order valence-corrected chi connectivity index (χ3v) is 4.30. The Morgan fingerprint density at radius 2 is 2.10 bits per heavy atom. The Hall–Kier alpha value is -1.53. The summed E-state index contributed by atoms with van der Waals surface area (Å²) in [5.41, 5.74) is 0.857. The van der Waals surface area contributed by atoms with E-state index < -0.39 is 0 Å². The Labute approximate surface area is 130 Å². The van der Waals surface area contributed by atoms with Gasteiger partial charge in [0.15, 0.2) is 10.6 Å². The van der Waals surface area contributed by atoms with Crippen molar-refractivity contribution in [2.24, 2.45) is 0 Å². The average molecular weight is 303 g/mol. The Bertz CT molecular complexity index is 627. The van der Waals surface area contributed by atoms with Crippen LogP contribution in [0, 0.1) is 4.77 Å². The lowest BCUT2D eigenvalue weighted by Gasteiger charge is -2.29. The smallest absolute Gasteiger partial charge is 0.195 e. The van der Waals surface area contributed by atoms with E-state index in [0.717, 1.165) is 18.1 Å². The molecule has 0 aliphatic carbocycles. The largest absolute Gasteiger partial charge is 0.301 e. The average Bonchev–Trinajstić information content (AvgIpc) is 2.91. The van der Waals surface area contributed by atoms with Crippen molar-refractivity contribution in [2.45, 2.75) is 32.2 Å². The molecule has 1 atom stereocenters. The minimum absolute atomic E-state index is 0.284. The van der Waals surface area contributed by atoms with Gasteiger partial charge < -0.3 is 4.90 Å². The number of hydrogen-bond donors (Lipinski definition) is 1. The van der Waals surface area contributed by atoms with Gasteiger partial charge in [0.05, 0.1) is 0 Å². The molecule has 21 heavy (non-hydrogen) atoms. The molecule has 1 fully saturated rings. The second-order valence-electron chi connectivity index (χ2n) is 5.65. The van der Waals surface area contributed by atoms with Crippen molar-refractivity contribution in [3.8, 4) is 11.5 Å². The fraction of sp³-hybridized carbons (Fsp3) is 0.533. The van der Waals surface area contributed by atoms with Crippen molar-refractivity contribution < 1.29 is 0 Å². The van der Waals surface area contributed by atoms with Crippen LogP contribution in [0.5, 0.6) is 0 Å². The number of piperidine rings is 1. The number of rotatable bonds is 4. The van der Waals surface area contributed by atoms with Crippen molar-refractivity contribution in [3.63, 3.8) is 0 Å². The normalized spacial score (nSPS) is 17.8. The lowest BCUT2D eigenvalue weighted by Crippen LogP contribution is -2.34. The molecule has 1 aliphatic rings. The van der Waals surface area contributed by atoms with Crippen LogP contribution in [0.1, 0.15) is 32.2 Å². The van der Waals surface area contributed by atoms with Crippen LogP contribution in [0.4, 0.5) is 0 Å². The Morgan fingerprint density at radius 1 is 1.29 bits per heavy atom. The van der Waals surface area contributed by atoms with Crippen LogP contribution in [0.2, 0.25) is 0 Å². The first-order valence-corrected chi connectivity index (χ1v) is 7.97. The summed E-state index contributed by atoms with van der Waals surface area (Å²) in [6.07, 6.45) is 5.75. The molecule has 0 radical (unpaired) electrons. The summed E-state index contributed by atoms with van der Waals surface area (Å²) in [4.78, 5) is 6.91. The highest BCUT2D eigenvalue weighted by atomic mass is 32.1. The summed E-state index contributed by atoms with van der Waals surface area (Å²) in [6.45, 7) is 5.59. The number of nitrogens with one attached hydrogen (secondary N) is 1. The first-order chi connectivity index (χ1) is 10.3. The Kier molecular flexibility index (Phi) is 4.45. The van der Waals surface area contributed by atoms with E-state index in [1.54, 1.807) is 6.20 Å². The highest BCUT2D eigenvalue weighted by molar-refractivity contribution is 7.71. The van der Waals surface area contributed by atoms with E-state index in [4.69, 9.17) is 12.2 Å². The molecule has 6 heteroatoms. The van der Waals surface area contributed by atoms with Gasteiger partial charge in [-0.3, -0.25) is 14.6 Å². The van der Waals surface area contributed by atoms with Crippen LogP contribution in [0.3, 0.4) is 0 Å². The van der Waals surface area contributed by atoms with E-state index in [9.17, 15) is 0 Å². The number of hydrogen-bond acceptors (Lipinski definition) is 4. The molecule has 1 N–H and O–H groups in total. The van der Waals surface area contributed by atoms with Crippen LogP contribution in [-0.2, 0) is 0 Å². The van der Waals surface area contributed by atoms with Crippen LogP contribution < -0.4 is 0 Å². The minimum Gasteiger partial charge on any atom is -0.301 e. The van der Waals surface area contributed by atoms with Gasteiger partial charge in [-0.05, 0) is 57.2 Å². The molecular weight excluding hydrogens is 282 g/mol. The first-order valence-electron chi connectivity index (χ1n) is 7.56. The number of pyridine rings is 1. The topological polar surface area (TPSA) is 49.7 Å². The molecule has 112 valence electrons. The van der Waals surface area contributed by atoms with Crippen molar-refractivity contribution in [3.05, 3.63) is 29.2 Å². The second-order valence-corrected chi connectivity index (χ2v) is 6.03. The van der Waals surface area contributed by atoms with Gasteiger partial charge in [-0.25, -0.2) is 0 Å². The lowest BCUT2D eigenvalue weighted by molar-refractivity contribution is 0.202. The Balaban J connectivity index is 1.84. The quantitative estimate of drug-likeness (QED) is 0.882. The molecule has 0 spiro atoms. The molecule has 1 unspecified atom stereocenters. The summed E-state index contributed by atoms with van der Waals surface area (Å²) in [7, 11) is 0. The fourth-order valence-corrected chi connectivity index (χ4v) is 3.30. The summed E-state index contributed by atoms with van der Waals surface area (Å²) in [6, 6.07) is 6.13. The van der Waals surface area contributed by atoms with Gasteiger partial charge in [0, 0.05) is 18.8 Å². The van der Waals surface area contributed by atoms with Crippen LogP contribution in [0.25, 0.3) is 11.5 Å².